The number of esters is 1. The number of halogens is 2. The van der Waals surface area contributed by atoms with E-state index < -0.39 is 5.97 Å². The number of carbonyl (C=O) groups excluding carboxylic acids is 3. The normalized spacial score (nSPS) is 13.9. The Hall–Kier alpha value is -3.16. The van der Waals surface area contributed by atoms with Gasteiger partial charge < -0.3 is 10.1 Å². The van der Waals surface area contributed by atoms with Crippen molar-refractivity contribution < 1.29 is 19.1 Å². The molecule has 0 saturated heterocycles. The number of benzene rings is 2. The Morgan fingerprint density at radius 2 is 1.66 bits per heavy atom. The van der Waals surface area contributed by atoms with Gasteiger partial charge in [-0.05, 0) is 37.1 Å². The Kier molecular flexibility index (Phi) is 8.21. The third-order valence-electron chi connectivity index (χ3n) is 5.92. The number of ketones is 1. The fourth-order valence-electron chi connectivity index (χ4n) is 4.16. The van der Waals surface area contributed by atoms with Crippen molar-refractivity contribution in [3.63, 3.8) is 0 Å². The summed E-state index contributed by atoms with van der Waals surface area (Å²) >= 11 is 12.4. The molecule has 0 radical (unpaired) electrons. The van der Waals surface area contributed by atoms with Gasteiger partial charge in [0.2, 0.25) is 0 Å². The Balaban J connectivity index is 1.55. The number of Topliss-reactive ketones (excluding diaryl/α,β-unsaturated/α-hetero) is 1. The first-order chi connectivity index (χ1) is 16.9. The summed E-state index contributed by atoms with van der Waals surface area (Å²) in [6.45, 7) is -0.210. The lowest BCUT2D eigenvalue weighted by Gasteiger charge is -2.22. The lowest BCUT2D eigenvalue weighted by Crippen LogP contribution is -2.37. The van der Waals surface area contributed by atoms with Crippen molar-refractivity contribution >= 4 is 40.9 Å². The van der Waals surface area contributed by atoms with Crippen molar-refractivity contribution in [1.29, 1.82) is 0 Å². The first-order valence-corrected chi connectivity index (χ1v) is 12.2. The second-order valence-corrected chi connectivity index (χ2v) is 9.29. The second kappa shape index (κ2) is 11.5. The number of nitrogens with zero attached hydrogens (tertiary/aromatic N) is 2. The van der Waals surface area contributed by atoms with E-state index in [2.05, 4.69) is 10.4 Å². The number of aromatic nitrogens is 2. The maximum atomic E-state index is 13.1. The molecule has 35 heavy (non-hydrogen) atoms. The molecule has 9 heteroatoms. The third-order valence-corrected chi connectivity index (χ3v) is 6.55. The Labute approximate surface area is 213 Å². The molecule has 1 fully saturated rings. The number of hydrogen-bond acceptors (Lipinski definition) is 5. The van der Waals surface area contributed by atoms with E-state index in [0.717, 1.165) is 32.1 Å². The molecule has 1 aliphatic rings. The monoisotopic (exact) mass is 513 g/mol. The zero-order valence-electron chi connectivity index (χ0n) is 19.0. The number of nitrogens with one attached hydrogen (secondary N) is 1. The fraction of sp³-hybridized carbons (Fsp3) is 0.308. The van der Waals surface area contributed by atoms with Gasteiger partial charge in [0.15, 0.2) is 18.2 Å². The number of rotatable bonds is 8. The number of ether oxygens (including phenoxy) is 1. The van der Waals surface area contributed by atoms with Crippen molar-refractivity contribution in [1.82, 2.24) is 15.1 Å². The highest BCUT2D eigenvalue weighted by Crippen LogP contribution is 2.26. The molecule has 0 aliphatic heterocycles. The van der Waals surface area contributed by atoms with E-state index in [1.165, 1.54) is 10.9 Å². The van der Waals surface area contributed by atoms with Crippen LogP contribution < -0.4 is 5.32 Å². The van der Waals surface area contributed by atoms with Crippen LogP contribution in [-0.2, 0) is 17.9 Å². The zero-order chi connectivity index (χ0) is 24.8. The van der Waals surface area contributed by atoms with Gasteiger partial charge in [-0.1, -0.05) is 66.7 Å². The van der Waals surface area contributed by atoms with Gasteiger partial charge in [-0.2, -0.15) is 5.10 Å². The smallest absolute Gasteiger partial charge is 0.339 e. The standard InChI is InChI=1S/C26H25Cl2N3O4/c27-20-12-7-13-21(28)23(20)22(32)14-18-15-31(16-35-26(34)17-8-3-1-4-9-17)30-24(18)25(33)29-19-10-5-2-6-11-19/h1,3-4,7-9,12-13,15,19H,2,5-6,10-11,14,16H2,(H,29,33). The van der Waals surface area contributed by atoms with Gasteiger partial charge in [-0.3, -0.25) is 9.59 Å². The summed E-state index contributed by atoms with van der Waals surface area (Å²) in [7, 11) is 0. The van der Waals surface area contributed by atoms with Crippen LogP contribution in [0.4, 0.5) is 0 Å². The van der Waals surface area contributed by atoms with Crippen LogP contribution in [0.15, 0.2) is 54.7 Å². The SMILES string of the molecule is O=C(OCn1cc(CC(=O)c2c(Cl)cccc2Cl)c(C(=O)NC2CCCCC2)n1)c1ccccc1. The summed E-state index contributed by atoms with van der Waals surface area (Å²) in [6.07, 6.45) is 6.50. The summed E-state index contributed by atoms with van der Waals surface area (Å²) in [5.41, 5.74) is 1.11. The molecule has 0 unspecified atom stereocenters. The van der Waals surface area contributed by atoms with Crippen LogP contribution in [0.5, 0.6) is 0 Å². The van der Waals surface area contributed by atoms with Crippen molar-refractivity contribution in [2.75, 3.05) is 0 Å². The zero-order valence-corrected chi connectivity index (χ0v) is 20.5. The van der Waals surface area contributed by atoms with Crippen LogP contribution in [0.2, 0.25) is 10.0 Å². The minimum absolute atomic E-state index is 0.0684. The molecule has 1 saturated carbocycles. The average molecular weight is 514 g/mol. The van der Waals surface area contributed by atoms with Gasteiger partial charge in [-0.25, -0.2) is 9.48 Å². The van der Waals surface area contributed by atoms with E-state index >= 15 is 0 Å². The molecule has 3 aromatic rings. The third kappa shape index (κ3) is 6.29. The predicted molar refractivity (Wildman–Crippen MR) is 133 cm³/mol. The molecule has 7 nitrogen and oxygen atoms in total. The van der Waals surface area contributed by atoms with E-state index in [9.17, 15) is 14.4 Å². The van der Waals surface area contributed by atoms with Gasteiger partial charge in [-0.15, -0.1) is 0 Å². The summed E-state index contributed by atoms with van der Waals surface area (Å²) < 4.78 is 6.68. The largest absolute Gasteiger partial charge is 0.439 e. The maximum absolute atomic E-state index is 13.1. The number of carbonyl (C=O) groups is 3. The molecule has 4 rings (SSSR count). The summed E-state index contributed by atoms with van der Waals surface area (Å²) in [5.74, 6) is -1.22. The fourth-order valence-corrected chi connectivity index (χ4v) is 4.77. The van der Waals surface area contributed by atoms with E-state index in [-0.39, 0.29) is 52.2 Å². The number of hydrogen-bond donors (Lipinski definition) is 1. The Bertz CT molecular complexity index is 1200. The summed E-state index contributed by atoms with van der Waals surface area (Å²) in [5, 5.41) is 7.84. The molecule has 0 atom stereocenters. The van der Waals surface area contributed by atoms with Crippen LogP contribution in [0, 0.1) is 0 Å². The lowest BCUT2D eigenvalue weighted by molar-refractivity contribution is 0.0349. The van der Waals surface area contributed by atoms with E-state index in [1.54, 1.807) is 48.5 Å². The van der Waals surface area contributed by atoms with Crippen LogP contribution in [0.3, 0.4) is 0 Å². The first kappa shape index (κ1) is 24.9. The quantitative estimate of drug-likeness (QED) is 0.317. The van der Waals surface area contributed by atoms with Gasteiger partial charge >= 0.3 is 5.97 Å². The first-order valence-electron chi connectivity index (χ1n) is 11.5. The van der Waals surface area contributed by atoms with E-state index in [4.69, 9.17) is 27.9 Å². The highest BCUT2D eigenvalue weighted by atomic mass is 35.5. The van der Waals surface area contributed by atoms with Crippen LogP contribution in [0.25, 0.3) is 0 Å². The van der Waals surface area contributed by atoms with Gasteiger partial charge in [0.25, 0.3) is 5.91 Å². The molecule has 182 valence electrons. The van der Waals surface area contributed by atoms with Gasteiger partial charge in [0.1, 0.15) is 0 Å². The van der Waals surface area contributed by atoms with Crippen molar-refractivity contribution in [3.8, 4) is 0 Å². The number of amides is 1. The molecular weight excluding hydrogens is 489 g/mol. The molecule has 1 aromatic heterocycles. The highest BCUT2D eigenvalue weighted by Gasteiger charge is 2.25. The van der Waals surface area contributed by atoms with Gasteiger partial charge in [0.05, 0.1) is 21.2 Å². The van der Waals surface area contributed by atoms with Crippen molar-refractivity contribution in [2.24, 2.45) is 0 Å². The van der Waals surface area contributed by atoms with Crippen molar-refractivity contribution in [3.05, 3.63) is 87.2 Å². The minimum Gasteiger partial charge on any atom is -0.439 e. The summed E-state index contributed by atoms with van der Waals surface area (Å²) in [6, 6.07) is 13.5. The van der Waals surface area contributed by atoms with E-state index in [0.29, 0.717) is 11.1 Å². The average Bonchev–Trinajstić information content (AvgIpc) is 3.26. The molecule has 1 amide bonds. The Morgan fingerprint density at radius 3 is 2.34 bits per heavy atom. The molecule has 0 bridgehead atoms. The lowest BCUT2D eigenvalue weighted by atomic mass is 9.95. The maximum Gasteiger partial charge on any atom is 0.339 e. The van der Waals surface area contributed by atoms with Crippen molar-refractivity contribution in [2.45, 2.75) is 51.3 Å². The molecule has 2 aromatic carbocycles. The topological polar surface area (TPSA) is 90.3 Å². The van der Waals surface area contributed by atoms with Crippen LogP contribution in [-0.4, -0.2) is 33.5 Å². The molecular formula is C26H25Cl2N3O4. The summed E-state index contributed by atoms with van der Waals surface area (Å²) in [4.78, 5) is 38.5. The molecule has 1 heterocycles. The van der Waals surface area contributed by atoms with E-state index in [1.807, 2.05) is 0 Å². The Morgan fingerprint density at radius 1 is 0.971 bits per heavy atom. The highest BCUT2D eigenvalue weighted by molar-refractivity contribution is 6.39. The van der Waals surface area contributed by atoms with Crippen LogP contribution in [0.1, 0.15) is 68.9 Å². The van der Waals surface area contributed by atoms with Crippen LogP contribution >= 0.6 is 23.2 Å². The predicted octanol–water partition coefficient (Wildman–Crippen LogP) is 5.49. The van der Waals surface area contributed by atoms with Gasteiger partial charge in [0, 0.05) is 24.2 Å². The second-order valence-electron chi connectivity index (χ2n) is 8.47. The minimum atomic E-state index is -0.519. The molecule has 0 spiro atoms. The molecule has 1 aliphatic carbocycles. The molecule has 1 N–H and O–H groups in total.